The van der Waals surface area contributed by atoms with Crippen LogP contribution in [0, 0.1) is 45.3 Å². The van der Waals surface area contributed by atoms with Crippen molar-refractivity contribution in [1.29, 1.82) is 0 Å². The van der Waals surface area contributed by atoms with Crippen LogP contribution in [0.3, 0.4) is 0 Å². The lowest BCUT2D eigenvalue weighted by Gasteiger charge is -2.64. The second-order valence-corrected chi connectivity index (χ2v) is 14.4. The van der Waals surface area contributed by atoms with Crippen molar-refractivity contribution in [1.82, 2.24) is 0 Å². The summed E-state index contributed by atoms with van der Waals surface area (Å²) < 4.78 is 12.0. The molecule has 1 aliphatic heterocycles. The summed E-state index contributed by atoms with van der Waals surface area (Å²) in [7, 11) is 0. The van der Waals surface area contributed by atoms with Gasteiger partial charge in [0.15, 0.2) is 0 Å². The number of ether oxygens (including phenoxy) is 2. The summed E-state index contributed by atoms with van der Waals surface area (Å²) in [6.07, 6.45) is 13.2. The van der Waals surface area contributed by atoms with E-state index in [9.17, 15) is 9.59 Å². The van der Waals surface area contributed by atoms with Crippen LogP contribution in [0.2, 0.25) is 0 Å². The smallest absolute Gasteiger partial charge is 0.309 e. The quantitative estimate of drug-likeness (QED) is 0.300. The first-order valence-corrected chi connectivity index (χ1v) is 14.5. The van der Waals surface area contributed by atoms with Gasteiger partial charge in [0, 0.05) is 18.3 Å². The predicted octanol–water partition coefficient (Wildman–Crippen LogP) is 7.42. The van der Waals surface area contributed by atoms with Crippen molar-refractivity contribution in [2.24, 2.45) is 45.3 Å². The normalized spacial score (nSPS) is 46.4. The molecule has 4 heteroatoms. The van der Waals surface area contributed by atoms with Crippen molar-refractivity contribution in [2.45, 2.75) is 119 Å². The van der Waals surface area contributed by atoms with Crippen LogP contribution >= 0.6 is 0 Å². The molecule has 5 aliphatic rings. The van der Waals surface area contributed by atoms with E-state index in [0.717, 1.165) is 38.5 Å². The maximum Gasteiger partial charge on any atom is 0.309 e. The zero-order valence-corrected chi connectivity index (χ0v) is 23.9. The largest absolute Gasteiger partial charge is 0.462 e. The highest BCUT2D eigenvalue weighted by atomic mass is 16.6. The Hall–Kier alpha value is -1.58. The third-order valence-electron chi connectivity index (χ3n) is 12.2. The van der Waals surface area contributed by atoms with E-state index in [1.54, 1.807) is 12.5 Å². The fourth-order valence-electron chi connectivity index (χ4n) is 10.2. The summed E-state index contributed by atoms with van der Waals surface area (Å²) in [6.45, 7) is 18.0. The minimum atomic E-state index is -0.157. The molecule has 0 aromatic rings. The van der Waals surface area contributed by atoms with E-state index in [1.807, 2.05) is 0 Å². The lowest BCUT2D eigenvalue weighted by Crippen LogP contribution is -2.58. The molecule has 0 aromatic heterocycles. The van der Waals surface area contributed by atoms with E-state index < -0.39 is 0 Å². The van der Waals surface area contributed by atoms with E-state index in [0.29, 0.717) is 17.8 Å². The average Bonchev–Trinajstić information content (AvgIpc) is 3.19. The molecule has 1 saturated heterocycles. The molecule has 3 saturated carbocycles. The molecule has 200 valence electrons. The number of fused-ring (bicyclic) bond motifs is 7. The van der Waals surface area contributed by atoms with Gasteiger partial charge in [-0.25, -0.2) is 0 Å². The van der Waals surface area contributed by atoms with Gasteiger partial charge in [-0.2, -0.15) is 0 Å². The van der Waals surface area contributed by atoms with Crippen LogP contribution < -0.4 is 0 Å². The molecule has 0 bridgehead atoms. The fraction of sp³-hybridized carbons (Fsp3) is 0.812. The van der Waals surface area contributed by atoms with E-state index in [-0.39, 0.29) is 51.7 Å². The zero-order valence-electron chi connectivity index (χ0n) is 23.9. The minimum absolute atomic E-state index is 0.000664. The van der Waals surface area contributed by atoms with E-state index in [2.05, 4.69) is 60.6 Å². The fourth-order valence-corrected chi connectivity index (χ4v) is 10.2. The highest BCUT2D eigenvalue weighted by Gasteiger charge is 2.71. The predicted molar refractivity (Wildman–Crippen MR) is 142 cm³/mol. The van der Waals surface area contributed by atoms with Gasteiger partial charge in [-0.15, -0.1) is 0 Å². The van der Waals surface area contributed by atoms with E-state index in [1.165, 1.54) is 18.4 Å². The van der Waals surface area contributed by atoms with E-state index >= 15 is 0 Å². The monoisotopic (exact) mass is 496 g/mol. The van der Waals surface area contributed by atoms with Crippen LogP contribution in [0.25, 0.3) is 0 Å². The van der Waals surface area contributed by atoms with Crippen LogP contribution in [0.5, 0.6) is 0 Å². The molecular weight excluding hydrogens is 448 g/mol. The van der Waals surface area contributed by atoms with Gasteiger partial charge in [-0.1, -0.05) is 57.9 Å². The maximum absolute atomic E-state index is 13.0. The Bertz CT molecular complexity index is 1000. The van der Waals surface area contributed by atoms with Crippen molar-refractivity contribution in [3.05, 3.63) is 23.3 Å². The number of esters is 2. The molecule has 0 aromatic carbocycles. The number of carbonyl (C=O) groups is 2. The number of hydrogen-bond acceptors (Lipinski definition) is 4. The van der Waals surface area contributed by atoms with Gasteiger partial charge < -0.3 is 9.47 Å². The molecule has 4 fully saturated rings. The lowest BCUT2D eigenvalue weighted by molar-refractivity contribution is -0.174. The first-order valence-electron chi connectivity index (χ1n) is 14.5. The Morgan fingerprint density at radius 2 is 1.83 bits per heavy atom. The zero-order chi connectivity index (χ0) is 26.3. The van der Waals surface area contributed by atoms with Crippen LogP contribution in [-0.2, 0) is 19.1 Å². The number of carbonyl (C=O) groups excluding carboxylic acids is 2. The summed E-state index contributed by atoms with van der Waals surface area (Å²) in [5, 5.41) is 0. The summed E-state index contributed by atoms with van der Waals surface area (Å²) >= 11 is 0. The number of rotatable bonds is 4. The summed E-state index contributed by atoms with van der Waals surface area (Å²) in [5.41, 5.74) is 3.32. The standard InChI is InChI=1S/C32H48O4/c1-19(2)10-9-11-21-27-24(36-28(21)34)18-32(8)23-12-13-25-29(4,5)26(35-20(3)33)15-16-30(25,6)22(23)14-17-31(27,32)7/h10,12,21-22,24-27H,9,11,13-18H2,1-8H3/t21-,22-,24+,25-,26+,27-,30-,31-,32-/m1/s1. The van der Waals surface area contributed by atoms with Crippen molar-refractivity contribution >= 4 is 11.9 Å². The second-order valence-electron chi connectivity index (χ2n) is 14.4. The Balaban J connectivity index is 1.46. The molecule has 0 spiro atoms. The molecule has 0 N–H and O–H groups in total. The highest BCUT2D eigenvalue weighted by molar-refractivity contribution is 5.76. The summed E-state index contributed by atoms with van der Waals surface area (Å²) in [6, 6.07) is 0. The molecule has 0 unspecified atom stereocenters. The average molecular weight is 497 g/mol. The SMILES string of the molecule is CC(=O)O[C@H]1CC[C@]2(C)[C@@H]3CC[C@]4(C)[C@H]5[C@H](C[C@]4(C)C3=CC[C@@H]2C1(C)C)OC(=O)[C@@H]5CCC=C(C)C. The first kappa shape index (κ1) is 26.0. The molecule has 4 aliphatic carbocycles. The second kappa shape index (κ2) is 8.46. The molecule has 0 amide bonds. The van der Waals surface area contributed by atoms with Gasteiger partial charge in [-0.05, 0) is 93.3 Å². The minimum Gasteiger partial charge on any atom is -0.462 e. The van der Waals surface area contributed by atoms with Gasteiger partial charge in [-0.3, -0.25) is 9.59 Å². The van der Waals surface area contributed by atoms with Gasteiger partial charge in [0.05, 0.1) is 5.92 Å². The lowest BCUT2D eigenvalue weighted by atomic mass is 9.41. The van der Waals surface area contributed by atoms with Crippen LogP contribution in [-0.4, -0.2) is 24.1 Å². The molecule has 0 radical (unpaired) electrons. The first-order chi connectivity index (χ1) is 16.8. The van der Waals surface area contributed by atoms with Crippen LogP contribution in [0.1, 0.15) is 107 Å². The Kier molecular flexibility index (Phi) is 6.12. The molecule has 4 nitrogen and oxygen atoms in total. The topological polar surface area (TPSA) is 52.6 Å². The number of hydrogen-bond donors (Lipinski definition) is 0. The van der Waals surface area contributed by atoms with Gasteiger partial charge >= 0.3 is 11.9 Å². The van der Waals surface area contributed by atoms with Crippen molar-refractivity contribution in [2.75, 3.05) is 0 Å². The maximum atomic E-state index is 13.0. The van der Waals surface area contributed by atoms with Gasteiger partial charge in [0.1, 0.15) is 12.2 Å². The van der Waals surface area contributed by atoms with Crippen molar-refractivity contribution in [3.8, 4) is 0 Å². The molecular formula is C32H48O4. The third kappa shape index (κ3) is 3.52. The molecule has 5 rings (SSSR count). The highest BCUT2D eigenvalue weighted by Crippen LogP contribution is 2.74. The Morgan fingerprint density at radius 1 is 1.11 bits per heavy atom. The van der Waals surface area contributed by atoms with Crippen molar-refractivity contribution < 1.29 is 19.1 Å². The van der Waals surface area contributed by atoms with Crippen molar-refractivity contribution in [3.63, 3.8) is 0 Å². The number of allylic oxidation sites excluding steroid dienone is 4. The van der Waals surface area contributed by atoms with Crippen LogP contribution in [0.4, 0.5) is 0 Å². The van der Waals surface area contributed by atoms with E-state index in [4.69, 9.17) is 9.47 Å². The summed E-state index contributed by atoms with van der Waals surface area (Å²) in [5.74, 6) is 1.30. The Morgan fingerprint density at radius 3 is 2.50 bits per heavy atom. The van der Waals surface area contributed by atoms with Gasteiger partial charge in [0.25, 0.3) is 0 Å². The summed E-state index contributed by atoms with van der Waals surface area (Å²) in [4.78, 5) is 24.8. The molecule has 9 atom stereocenters. The molecule has 36 heavy (non-hydrogen) atoms. The van der Waals surface area contributed by atoms with Gasteiger partial charge in [0.2, 0.25) is 0 Å². The molecule has 1 heterocycles. The Labute approximate surface area is 218 Å². The third-order valence-corrected chi connectivity index (χ3v) is 12.2. The van der Waals surface area contributed by atoms with Crippen LogP contribution in [0.15, 0.2) is 23.3 Å².